The van der Waals surface area contributed by atoms with Crippen LogP contribution in [-0.2, 0) is 13.6 Å². The lowest BCUT2D eigenvalue weighted by molar-refractivity contribution is 0.647. The van der Waals surface area contributed by atoms with Crippen molar-refractivity contribution in [1.82, 2.24) is 14.3 Å². The summed E-state index contributed by atoms with van der Waals surface area (Å²) in [5.41, 5.74) is 7.14. The number of rotatable bonds is 3. The van der Waals surface area contributed by atoms with Crippen LogP contribution >= 0.6 is 12.2 Å². The molecule has 2 aromatic rings. The lowest BCUT2D eigenvalue weighted by Crippen LogP contribution is -2.23. The van der Waals surface area contributed by atoms with Crippen molar-refractivity contribution in [3.05, 3.63) is 52.2 Å². The fourth-order valence-corrected chi connectivity index (χ4v) is 1.65. The summed E-state index contributed by atoms with van der Waals surface area (Å²) in [5, 5.41) is 3.99. The van der Waals surface area contributed by atoms with Crippen LogP contribution in [0.1, 0.15) is 11.1 Å². The summed E-state index contributed by atoms with van der Waals surface area (Å²) in [4.78, 5) is 12.0. The number of benzene rings is 1. The van der Waals surface area contributed by atoms with Crippen molar-refractivity contribution in [2.45, 2.75) is 6.54 Å². The van der Waals surface area contributed by atoms with Gasteiger partial charge in [0.25, 0.3) is 0 Å². The van der Waals surface area contributed by atoms with Gasteiger partial charge >= 0.3 is 5.69 Å². The van der Waals surface area contributed by atoms with Crippen molar-refractivity contribution in [3.63, 3.8) is 0 Å². The van der Waals surface area contributed by atoms with Gasteiger partial charge in [0.2, 0.25) is 0 Å². The molecule has 6 heteroatoms. The van der Waals surface area contributed by atoms with E-state index in [0.29, 0.717) is 11.5 Å². The molecule has 0 aliphatic heterocycles. The summed E-state index contributed by atoms with van der Waals surface area (Å²) in [6.45, 7) is 0.413. The predicted molar refractivity (Wildman–Crippen MR) is 68.9 cm³/mol. The molecule has 0 unspecified atom stereocenters. The number of thiocarbonyl (C=S) groups is 1. The first kappa shape index (κ1) is 11.5. The average Bonchev–Trinajstić information content (AvgIpc) is 2.61. The molecule has 0 saturated heterocycles. The fourth-order valence-electron chi connectivity index (χ4n) is 1.52. The highest BCUT2D eigenvalue weighted by Crippen LogP contribution is 2.05. The highest BCUT2D eigenvalue weighted by Gasteiger charge is 2.04. The Balaban J connectivity index is 2.30. The smallest absolute Gasteiger partial charge is 0.345 e. The van der Waals surface area contributed by atoms with Crippen LogP contribution in [0.25, 0.3) is 0 Å². The van der Waals surface area contributed by atoms with Crippen LogP contribution in [0.5, 0.6) is 0 Å². The maximum absolute atomic E-state index is 11.6. The quantitative estimate of drug-likeness (QED) is 0.792. The minimum atomic E-state index is -0.147. The van der Waals surface area contributed by atoms with Gasteiger partial charge in [0, 0.05) is 12.6 Å². The normalized spacial score (nSPS) is 10.4. The summed E-state index contributed by atoms with van der Waals surface area (Å²) in [6.07, 6.45) is 1.49. The molecule has 0 saturated carbocycles. The van der Waals surface area contributed by atoms with E-state index in [1.54, 1.807) is 7.05 Å². The summed E-state index contributed by atoms with van der Waals surface area (Å²) in [6, 6.07) is 7.47. The highest BCUT2D eigenvalue weighted by molar-refractivity contribution is 7.80. The number of nitrogens with two attached hydrogens (primary N) is 1. The molecule has 0 radical (unpaired) electrons. The van der Waals surface area contributed by atoms with E-state index in [1.807, 2.05) is 24.3 Å². The van der Waals surface area contributed by atoms with Crippen LogP contribution in [0.15, 0.2) is 35.4 Å². The molecule has 1 heterocycles. The second-order valence-electron chi connectivity index (χ2n) is 3.75. The first-order chi connectivity index (χ1) is 8.08. The van der Waals surface area contributed by atoms with Crippen LogP contribution < -0.4 is 11.4 Å². The van der Waals surface area contributed by atoms with Crippen molar-refractivity contribution in [2.75, 3.05) is 0 Å². The third-order valence-electron chi connectivity index (χ3n) is 2.43. The molecule has 0 bridgehead atoms. The highest BCUT2D eigenvalue weighted by atomic mass is 32.1. The Hall–Kier alpha value is -1.95. The topological polar surface area (TPSA) is 65.8 Å². The SMILES string of the molecule is Cn1cnn(Cc2cccc(C(N)=S)c2)c1=O. The number of hydrogen-bond acceptors (Lipinski definition) is 3. The van der Waals surface area contributed by atoms with Gasteiger partial charge in [-0.1, -0.05) is 30.4 Å². The largest absolute Gasteiger partial charge is 0.389 e. The first-order valence-corrected chi connectivity index (χ1v) is 5.46. The molecule has 0 aliphatic carbocycles. The van der Waals surface area contributed by atoms with E-state index in [9.17, 15) is 4.79 Å². The maximum atomic E-state index is 11.6. The van der Waals surface area contributed by atoms with E-state index in [-0.39, 0.29) is 5.69 Å². The third kappa shape index (κ3) is 2.42. The Morgan fingerprint density at radius 1 is 1.53 bits per heavy atom. The van der Waals surface area contributed by atoms with Gasteiger partial charge in [-0.3, -0.25) is 4.57 Å². The average molecular weight is 248 g/mol. The van der Waals surface area contributed by atoms with Crippen molar-refractivity contribution >= 4 is 17.2 Å². The predicted octanol–water partition coefficient (Wildman–Crippen LogP) is 0.264. The van der Waals surface area contributed by atoms with E-state index >= 15 is 0 Å². The Morgan fingerprint density at radius 2 is 2.29 bits per heavy atom. The Labute approximate surface area is 103 Å². The molecule has 0 atom stereocenters. The molecule has 5 nitrogen and oxygen atoms in total. The van der Waals surface area contributed by atoms with Crippen LogP contribution in [0.4, 0.5) is 0 Å². The number of hydrogen-bond donors (Lipinski definition) is 1. The standard InChI is InChI=1S/C11H12N4OS/c1-14-7-13-15(11(14)16)6-8-3-2-4-9(5-8)10(12)17/h2-5,7H,6H2,1H3,(H2,12,17). The summed E-state index contributed by atoms with van der Waals surface area (Å²) < 4.78 is 2.82. The fraction of sp³-hybridized carbons (Fsp3) is 0.182. The molecule has 2 rings (SSSR count). The zero-order chi connectivity index (χ0) is 12.4. The minimum Gasteiger partial charge on any atom is -0.389 e. The molecule has 0 spiro atoms. The summed E-state index contributed by atoms with van der Waals surface area (Å²) >= 11 is 4.91. The first-order valence-electron chi connectivity index (χ1n) is 5.05. The van der Waals surface area contributed by atoms with Crippen molar-refractivity contribution in [3.8, 4) is 0 Å². The van der Waals surface area contributed by atoms with Crippen molar-refractivity contribution in [1.29, 1.82) is 0 Å². The molecule has 0 aliphatic rings. The van der Waals surface area contributed by atoms with Crippen molar-refractivity contribution < 1.29 is 0 Å². The van der Waals surface area contributed by atoms with Crippen LogP contribution in [-0.4, -0.2) is 19.3 Å². The van der Waals surface area contributed by atoms with Gasteiger partial charge in [0.05, 0.1) is 6.54 Å². The molecule has 0 fully saturated rings. The number of aryl methyl sites for hydroxylation is 1. The zero-order valence-electron chi connectivity index (χ0n) is 9.33. The lowest BCUT2D eigenvalue weighted by Gasteiger charge is -2.03. The molecular formula is C11H12N4OS. The third-order valence-corrected chi connectivity index (χ3v) is 2.67. The lowest BCUT2D eigenvalue weighted by atomic mass is 10.1. The van der Waals surface area contributed by atoms with E-state index in [1.165, 1.54) is 15.6 Å². The molecule has 1 aromatic carbocycles. The van der Waals surface area contributed by atoms with Gasteiger partial charge < -0.3 is 5.73 Å². The second-order valence-corrected chi connectivity index (χ2v) is 4.19. The summed E-state index contributed by atoms with van der Waals surface area (Å²) in [5.74, 6) is 0. The van der Waals surface area contributed by atoms with E-state index in [0.717, 1.165) is 11.1 Å². The monoisotopic (exact) mass is 248 g/mol. The van der Waals surface area contributed by atoms with Crippen LogP contribution in [0.2, 0.25) is 0 Å². The molecule has 1 aromatic heterocycles. The molecule has 2 N–H and O–H groups in total. The van der Waals surface area contributed by atoms with Gasteiger partial charge in [0.1, 0.15) is 11.3 Å². The maximum Gasteiger partial charge on any atom is 0.345 e. The van der Waals surface area contributed by atoms with Gasteiger partial charge in [0.15, 0.2) is 0 Å². The van der Waals surface area contributed by atoms with Crippen LogP contribution in [0.3, 0.4) is 0 Å². The molecule has 0 amide bonds. The van der Waals surface area contributed by atoms with Gasteiger partial charge in [-0.05, 0) is 11.6 Å². The van der Waals surface area contributed by atoms with Crippen LogP contribution in [0, 0.1) is 0 Å². The second kappa shape index (κ2) is 4.50. The van der Waals surface area contributed by atoms with E-state index in [2.05, 4.69) is 5.10 Å². The zero-order valence-corrected chi connectivity index (χ0v) is 10.1. The van der Waals surface area contributed by atoms with E-state index in [4.69, 9.17) is 18.0 Å². The number of aromatic nitrogens is 3. The Kier molecular flexibility index (Phi) is 3.06. The minimum absolute atomic E-state index is 0.147. The molecule has 17 heavy (non-hydrogen) atoms. The van der Waals surface area contributed by atoms with Gasteiger partial charge in [-0.2, -0.15) is 5.10 Å². The van der Waals surface area contributed by atoms with Gasteiger partial charge in [-0.15, -0.1) is 0 Å². The number of nitrogens with zero attached hydrogens (tertiary/aromatic N) is 3. The Bertz CT molecular complexity index is 614. The summed E-state index contributed by atoms with van der Waals surface area (Å²) in [7, 11) is 1.66. The van der Waals surface area contributed by atoms with Gasteiger partial charge in [-0.25, -0.2) is 9.48 Å². The van der Waals surface area contributed by atoms with E-state index < -0.39 is 0 Å². The van der Waals surface area contributed by atoms with Crippen molar-refractivity contribution in [2.24, 2.45) is 12.8 Å². The Morgan fingerprint density at radius 3 is 2.88 bits per heavy atom. The molecule has 88 valence electrons. The molecular weight excluding hydrogens is 236 g/mol.